The summed E-state index contributed by atoms with van der Waals surface area (Å²) in [7, 11) is 0. The minimum absolute atomic E-state index is 0.0499. The Morgan fingerprint density at radius 2 is 1.56 bits per heavy atom. The lowest BCUT2D eigenvalue weighted by molar-refractivity contribution is -0.153. The number of hydrogen-bond acceptors (Lipinski definition) is 6. The number of esters is 1. The molecule has 5 N–H and O–H groups in total. The summed E-state index contributed by atoms with van der Waals surface area (Å²) in [5.41, 5.74) is 5.37. The van der Waals surface area contributed by atoms with Crippen LogP contribution in [-0.4, -0.2) is 46.1 Å². The summed E-state index contributed by atoms with van der Waals surface area (Å²) in [5, 5.41) is 14.4. The third-order valence-corrected chi connectivity index (χ3v) is 6.51. The molecular weight excluding hydrogens is 524 g/mol. The number of carboxylic acid groups (broad SMARTS) is 1. The molecule has 10 nitrogen and oxygen atoms in total. The summed E-state index contributed by atoms with van der Waals surface area (Å²) in [4.78, 5) is 51.9. The average Bonchev–Trinajstić information content (AvgIpc) is 2.87. The molecule has 1 aromatic heterocycles. The molecule has 11 heteroatoms. The molecule has 0 unspecified atom stereocenters. The van der Waals surface area contributed by atoms with E-state index in [9.17, 15) is 19.2 Å². The molecular formula is C28H45ClN4O6. The van der Waals surface area contributed by atoms with Crippen LogP contribution in [0.2, 0.25) is 5.02 Å². The van der Waals surface area contributed by atoms with E-state index in [2.05, 4.69) is 22.5 Å². The van der Waals surface area contributed by atoms with Gasteiger partial charge in [-0.05, 0) is 37.8 Å². The molecule has 0 saturated heterocycles. The summed E-state index contributed by atoms with van der Waals surface area (Å²) < 4.78 is 5.58. The highest BCUT2D eigenvalue weighted by Crippen LogP contribution is 2.16. The number of carbonyl (C=O) groups excluding carboxylic acids is 3. The monoisotopic (exact) mass is 568 g/mol. The van der Waals surface area contributed by atoms with Gasteiger partial charge in [0.15, 0.2) is 0 Å². The van der Waals surface area contributed by atoms with Gasteiger partial charge in [0.1, 0.15) is 18.0 Å². The van der Waals surface area contributed by atoms with Crippen molar-refractivity contribution in [3.8, 4) is 0 Å². The minimum atomic E-state index is -1.11. The third-order valence-electron chi connectivity index (χ3n) is 6.28. The average molecular weight is 569 g/mol. The minimum Gasteiger partial charge on any atom is -0.481 e. The van der Waals surface area contributed by atoms with Gasteiger partial charge >= 0.3 is 18.0 Å². The topological polar surface area (TPSA) is 161 Å². The van der Waals surface area contributed by atoms with Crippen LogP contribution >= 0.6 is 11.6 Å². The van der Waals surface area contributed by atoms with Gasteiger partial charge in [0.05, 0.1) is 11.4 Å². The number of nitrogens with two attached hydrogens (primary N) is 1. The Bertz CT molecular complexity index is 868. The van der Waals surface area contributed by atoms with Crippen LogP contribution in [0.4, 0.5) is 10.6 Å². The predicted molar refractivity (Wildman–Crippen MR) is 151 cm³/mol. The van der Waals surface area contributed by atoms with Crippen molar-refractivity contribution >= 4 is 41.3 Å². The number of urea groups is 1. The van der Waals surface area contributed by atoms with Crippen LogP contribution in [-0.2, 0) is 19.1 Å². The van der Waals surface area contributed by atoms with Crippen molar-refractivity contribution in [3.63, 3.8) is 0 Å². The molecule has 0 radical (unpaired) electrons. The van der Waals surface area contributed by atoms with Crippen molar-refractivity contribution in [1.29, 1.82) is 0 Å². The van der Waals surface area contributed by atoms with Crippen LogP contribution < -0.4 is 16.4 Å². The number of anilines is 1. The highest BCUT2D eigenvalue weighted by Gasteiger charge is 2.26. The van der Waals surface area contributed by atoms with Crippen molar-refractivity contribution < 1.29 is 29.0 Å². The molecule has 0 aliphatic carbocycles. The van der Waals surface area contributed by atoms with Gasteiger partial charge in [-0.2, -0.15) is 0 Å². The number of aliphatic carboxylic acids is 1. The summed E-state index contributed by atoms with van der Waals surface area (Å²) >= 11 is 5.80. The maximum atomic E-state index is 12.9. The zero-order valence-corrected chi connectivity index (χ0v) is 23.8. The molecule has 3 amide bonds. The van der Waals surface area contributed by atoms with E-state index in [1.807, 2.05) is 0 Å². The van der Waals surface area contributed by atoms with Gasteiger partial charge in [-0.25, -0.2) is 14.6 Å². The lowest BCUT2D eigenvalue weighted by Crippen LogP contribution is -2.45. The lowest BCUT2D eigenvalue weighted by Gasteiger charge is -2.22. The van der Waals surface area contributed by atoms with Crippen molar-refractivity contribution in [2.75, 3.05) is 5.32 Å². The van der Waals surface area contributed by atoms with Gasteiger partial charge < -0.3 is 20.9 Å². The zero-order valence-electron chi connectivity index (χ0n) is 23.1. The fourth-order valence-electron chi connectivity index (χ4n) is 4.18. The van der Waals surface area contributed by atoms with E-state index < -0.39 is 36.0 Å². The van der Waals surface area contributed by atoms with Crippen LogP contribution in [0.1, 0.15) is 110 Å². The number of nitrogens with one attached hydrogen (secondary N) is 2. The first-order valence-electron chi connectivity index (χ1n) is 14.1. The van der Waals surface area contributed by atoms with Crippen LogP contribution in [0.3, 0.4) is 0 Å². The fourth-order valence-corrected chi connectivity index (χ4v) is 4.29. The van der Waals surface area contributed by atoms with Crippen LogP contribution in [0, 0.1) is 0 Å². The number of amides is 3. The van der Waals surface area contributed by atoms with Crippen molar-refractivity contribution in [1.82, 2.24) is 10.3 Å². The van der Waals surface area contributed by atoms with Crippen molar-refractivity contribution in [2.24, 2.45) is 5.73 Å². The number of rotatable bonds is 22. The van der Waals surface area contributed by atoms with Gasteiger partial charge in [0.25, 0.3) is 0 Å². The summed E-state index contributed by atoms with van der Waals surface area (Å²) in [6.45, 7) is 2.22. The maximum absolute atomic E-state index is 12.9. The molecule has 39 heavy (non-hydrogen) atoms. The molecule has 220 valence electrons. The molecule has 0 aromatic carbocycles. The quantitative estimate of drug-likeness (QED) is 0.0989. The number of ether oxygens (including phenoxy) is 1. The van der Waals surface area contributed by atoms with Gasteiger partial charge in [0.2, 0.25) is 5.91 Å². The Balaban J connectivity index is 2.55. The van der Waals surface area contributed by atoms with Crippen molar-refractivity contribution in [3.05, 3.63) is 23.4 Å². The van der Waals surface area contributed by atoms with Gasteiger partial charge in [0, 0.05) is 12.6 Å². The summed E-state index contributed by atoms with van der Waals surface area (Å²) in [6.07, 6.45) is 13.9. The van der Waals surface area contributed by atoms with E-state index in [0.717, 1.165) is 25.7 Å². The van der Waals surface area contributed by atoms with E-state index in [4.69, 9.17) is 27.2 Å². The highest BCUT2D eigenvalue weighted by atomic mass is 35.5. The Kier molecular flexibility index (Phi) is 18.4. The Labute approximate surface area is 236 Å². The first kappa shape index (κ1) is 34.1. The molecule has 0 aliphatic rings. The van der Waals surface area contributed by atoms with E-state index >= 15 is 0 Å². The summed E-state index contributed by atoms with van der Waals surface area (Å²) in [5.74, 6) is -2.12. The lowest BCUT2D eigenvalue weighted by atomic mass is 10.0. The second kappa shape index (κ2) is 21.0. The highest BCUT2D eigenvalue weighted by molar-refractivity contribution is 6.30. The normalized spacial score (nSPS) is 12.4. The Morgan fingerprint density at radius 1 is 0.949 bits per heavy atom. The molecule has 0 fully saturated rings. The van der Waals surface area contributed by atoms with Crippen LogP contribution in [0.5, 0.6) is 0 Å². The molecule has 0 saturated carbocycles. The second-order valence-electron chi connectivity index (χ2n) is 9.85. The summed E-state index contributed by atoms with van der Waals surface area (Å²) in [6, 6.07) is 1.23. The first-order chi connectivity index (χ1) is 18.7. The van der Waals surface area contributed by atoms with E-state index in [0.29, 0.717) is 11.4 Å². The fraction of sp³-hybridized carbons (Fsp3) is 0.679. The van der Waals surface area contributed by atoms with Gasteiger partial charge in [-0.3, -0.25) is 14.9 Å². The molecule has 1 rings (SSSR count). The second-order valence-corrected chi connectivity index (χ2v) is 10.3. The number of pyridine rings is 1. The van der Waals surface area contributed by atoms with Gasteiger partial charge in [-0.15, -0.1) is 0 Å². The third kappa shape index (κ3) is 18.1. The molecule has 0 spiro atoms. The predicted octanol–water partition coefficient (Wildman–Crippen LogP) is 5.97. The number of aromatic nitrogens is 1. The Morgan fingerprint density at radius 3 is 2.10 bits per heavy atom. The molecule has 1 heterocycles. The number of primary amides is 1. The number of carbonyl (C=O) groups is 4. The molecule has 0 bridgehead atoms. The van der Waals surface area contributed by atoms with E-state index in [1.165, 1.54) is 57.2 Å². The number of carboxylic acids is 1. The van der Waals surface area contributed by atoms with Crippen LogP contribution in [0.25, 0.3) is 0 Å². The van der Waals surface area contributed by atoms with Crippen molar-refractivity contribution in [2.45, 2.75) is 122 Å². The number of unbranched alkanes of at least 4 members (excludes halogenated alkanes) is 10. The smallest absolute Gasteiger partial charge is 0.328 e. The Hall–Kier alpha value is -2.88. The van der Waals surface area contributed by atoms with Gasteiger partial charge in [-0.1, -0.05) is 82.7 Å². The standard InChI is InChI=1S/C28H45ClN4O6/c1-2-3-4-5-6-7-8-9-10-11-12-14-22(19-24(30)34)39-27(37)23(15-13-16-26(35)36)32-28(38)33-25-18-17-21(29)20-31-25/h17-18,20,22-23H,2-16,19H2,1H3,(H2,30,34)(H,35,36)(H2,31,32,33,38)/t22-,23-/m0/s1. The zero-order chi connectivity index (χ0) is 28.9. The number of nitrogens with zero attached hydrogens (tertiary/aromatic N) is 1. The largest absolute Gasteiger partial charge is 0.481 e. The van der Waals surface area contributed by atoms with Crippen LogP contribution in [0.15, 0.2) is 18.3 Å². The number of halogens is 1. The first-order valence-corrected chi connectivity index (χ1v) is 14.5. The number of hydrogen-bond donors (Lipinski definition) is 4. The molecule has 0 aliphatic heterocycles. The van der Waals surface area contributed by atoms with E-state index in [1.54, 1.807) is 6.07 Å². The molecule has 2 atom stereocenters. The van der Waals surface area contributed by atoms with E-state index in [-0.39, 0.29) is 31.5 Å². The maximum Gasteiger partial charge on any atom is 0.328 e. The SMILES string of the molecule is CCCCCCCCCCCCC[C@@H](CC(N)=O)OC(=O)[C@H](CCCC(=O)O)NC(=O)Nc1ccc(Cl)cn1. The molecule has 1 aromatic rings.